The fourth-order valence-electron chi connectivity index (χ4n) is 2.06. The molecule has 5 nitrogen and oxygen atoms in total. The molecule has 0 saturated carbocycles. The molecule has 1 N–H and O–H groups in total. The summed E-state index contributed by atoms with van der Waals surface area (Å²) in [5, 5.41) is 3.50. The predicted molar refractivity (Wildman–Crippen MR) is 90.1 cm³/mol. The first-order valence-electron chi connectivity index (χ1n) is 7.35. The number of nitrogens with one attached hydrogen (secondary N) is 1. The monoisotopic (exact) mass is 318 g/mol. The van der Waals surface area contributed by atoms with Crippen LogP contribution < -0.4 is 5.32 Å². The summed E-state index contributed by atoms with van der Waals surface area (Å²) in [7, 11) is 1.77. The summed E-state index contributed by atoms with van der Waals surface area (Å²) >= 11 is 1.53. The van der Waals surface area contributed by atoms with Crippen LogP contribution in [-0.4, -0.2) is 27.9 Å². The van der Waals surface area contributed by atoms with Gasteiger partial charge in [-0.2, -0.15) is 0 Å². The van der Waals surface area contributed by atoms with Gasteiger partial charge in [-0.15, -0.1) is 11.3 Å². The van der Waals surface area contributed by atoms with Gasteiger partial charge >= 0.3 is 6.03 Å². The molecule has 0 spiro atoms. The molecular formula is C16H22N4OS. The van der Waals surface area contributed by atoms with Crippen molar-refractivity contribution in [2.45, 2.75) is 33.2 Å². The van der Waals surface area contributed by atoms with Crippen LogP contribution in [0, 0.1) is 5.92 Å². The first-order chi connectivity index (χ1) is 10.5. The molecule has 0 aliphatic heterocycles. The minimum absolute atomic E-state index is 0.0520. The van der Waals surface area contributed by atoms with E-state index in [9.17, 15) is 4.79 Å². The molecule has 0 aliphatic carbocycles. The summed E-state index contributed by atoms with van der Waals surface area (Å²) in [6, 6.07) is 3.62. The number of rotatable bonds is 5. The standard InChI is InChI=1S/C16H22N4OS/c1-11(2)8-14-10-18-15(22-14)19-16(21)20(4)12(3)13-6-5-7-17-9-13/h5-7,9-12H,8H2,1-4H3,(H,18,19,21)/t12-/m1/s1. The van der Waals surface area contributed by atoms with Gasteiger partial charge in [0.1, 0.15) is 0 Å². The molecule has 0 radical (unpaired) electrons. The van der Waals surface area contributed by atoms with Gasteiger partial charge in [-0.25, -0.2) is 9.78 Å². The first kappa shape index (κ1) is 16.4. The highest BCUT2D eigenvalue weighted by Gasteiger charge is 2.18. The van der Waals surface area contributed by atoms with Crippen molar-refractivity contribution in [3.63, 3.8) is 0 Å². The molecule has 0 bridgehead atoms. The third-order valence-corrected chi connectivity index (χ3v) is 4.38. The second kappa shape index (κ2) is 7.35. The number of hydrogen-bond acceptors (Lipinski definition) is 4. The van der Waals surface area contributed by atoms with E-state index in [1.165, 1.54) is 16.2 Å². The fourth-order valence-corrected chi connectivity index (χ4v) is 3.08. The SMILES string of the molecule is CC(C)Cc1cnc(NC(=O)N(C)[C@H](C)c2cccnc2)s1. The summed E-state index contributed by atoms with van der Waals surface area (Å²) in [6.45, 7) is 6.31. The van der Waals surface area contributed by atoms with Crippen molar-refractivity contribution in [1.29, 1.82) is 0 Å². The van der Waals surface area contributed by atoms with Gasteiger partial charge in [-0.3, -0.25) is 10.3 Å². The van der Waals surface area contributed by atoms with Crippen LogP contribution in [0.15, 0.2) is 30.7 Å². The molecule has 1 atom stereocenters. The van der Waals surface area contributed by atoms with E-state index < -0.39 is 0 Å². The molecule has 22 heavy (non-hydrogen) atoms. The Balaban J connectivity index is 1.98. The van der Waals surface area contributed by atoms with Crippen molar-refractivity contribution in [2.75, 3.05) is 12.4 Å². The van der Waals surface area contributed by atoms with Crippen molar-refractivity contribution in [1.82, 2.24) is 14.9 Å². The quantitative estimate of drug-likeness (QED) is 0.907. The zero-order chi connectivity index (χ0) is 16.1. The van der Waals surface area contributed by atoms with Gasteiger partial charge in [0.25, 0.3) is 0 Å². The Labute approximate surface area is 135 Å². The van der Waals surface area contributed by atoms with E-state index in [1.807, 2.05) is 25.3 Å². The maximum atomic E-state index is 12.3. The second-order valence-electron chi connectivity index (χ2n) is 5.73. The zero-order valence-corrected chi connectivity index (χ0v) is 14.2. The lowest BCUT2D eigenvalue weighted by Crippen LogP contribution is -2.33. The van der Waals surface area contributed by atoms with Crippen LogP contribution in [0.3, 0.4) is 0 Å². The molecular weight excluding hydrogens is 296 g/mol. The van der Waals surface area contributed by atoms with Crippen LogP contribution in [0.1, 0.15) is 37.3 Å². The Morgan fingerprint density at radius 2 is 2.14 bits per heavy atom. The Hall–Kier alpha value is -1.95. The van der Waals surface area contributed by atoms with Crippen molar-refractivity contribution in [3.05, 3.63) is 41.2 Å². The van der Waals surface area contributed by atoms with Gasteiger partial charge in [0.15, 0.2) is 5.13 Å². The van der Waals surface area contributed by atoms with Crippen LogP contribution in [0.5, 0.6) is 0 Å². The van der Waals surface area contributed by atoms with Gasteiger partial charge in [0.2, 0.25) is 0 Å². The van der Waals surface area contributed by atoms with Crippen molar-refractivity contribution >= 4 is 22.5 Å². The van der Waals surface area contributed by atoms with Crippen LogP contribution in [0.4, 0.5) is 9.93 Å². The molecule has 0 aliphatic rings. The number of hydrogen-bond donors (Lipinski definition) is 1. The molecule has 2 aromatic heterocycles. The Morgan fingerprint density at radius 1 is 1.36 bits per heavy atom. The number of thiazole rings is 1. The molecule has 2 amide bonds. The van der Waals surface area contributed by atoms with Gasteiger partial charge in [0.05, 0.1) is 6.04 Å². The number of anilines is 1. The highest BCUT2D eigenvalue weighted by atomic mass is 32.1. The Kier molecular flexibility index (Phi) is 5.49. The zero-order valence-electron chi connectivity index (χ0n) is 13.4. The van der Waals surface area contributed by atoms with Gasteiger partial charge in [-0.1, -0.05) is 19.9 Å². The van der Waals surface area contributed by atoms with Gasteiger partial charge in [-0.05, 0) is 30.9 Å². The summed E-state index contributed by atoms with van der Waals surface area (Å²) in [5.74, 6) is 0.581. The lowest BCUT2D eigenvalue weighted by Gasteiger charge is -2.24. The molecule has 6 heteroatoms. The second-order valence-corrected chi connectivity index (χ2v) is 6.85. The number of pyridine rings is 1. The van der Waals surface area contributed by atoms with Crippen molar-refractivity contribution in [3.8, 4) is 0 Å². The Bertz CT molecular complexity index is 612. The minimum Gasteiger partial charge on any atom is -0.321 e. The van der Waals surface area contributed by atoms with E-state index in [2.05, 4.69) is 29.1 Å². The third-order valence-electron chi connectivity index (χ3n) is 3.44. The highest BCUT2D eigenvalue weighted by Crippen LogP contribution is 2.23. The van der Waals surface area contributed by atoms with Crippen LogP contribution in [0.25, 0.3) is 0 Å². The molecule has 2 aromatic rings. The average molecular weight is 318 g/mol. The normalized spacial score (nSPS) is 12.2. The molecule has 0 aromatic carbocycles. The number of aromatic nitrogens is 2. The van der Waals surface area contributed by atoms with Crippen LogP contribution >= 0.6 is 11.3 Å². The molecule has 0 unspecified atom stereocenters. The van der Waals surface area contributed by atoms with Gasteiger partial charge in [0, 0.05) is 30.5 Å². The lowest BCUT2D eigenvalue weighted by atomic mass is 10.1. The predicted octanol–water partition coefficient (Wildman–Crippen LogP) is 3.96. The molecule has 118 valence electrons. The van der Waals surface area contributed by atoms with E-state index in [1.54, 1.807) is 24.3 Å². The minimum atomic E-state index is -0.165. The molecule has 0 saturated heterocycles. The van der Waals surface area contributed by atoms with Crippen molar-refractivity contribution < 1.29 is 4.79 Å². The average Bonchev–Trinajstić information content (AvgIpc) is 2.92. The molecule has 0 fully saturated rings. The largest absolute Gasteiger partial charge is 0.323 e. The summed E-state index contributed by atoms with van der Waals surface area (Å²) in [4.78, 5) is 23.5. The number of nitrogens with zero attached hydrogens (tertiary/aromatic N) is 3. The third kappa shape index (κ3) is 4.27. The van der Waals surface area contributed by atoms with E-state index in [-0.39, 0.29) is 12.1 Å². The van der Waals surface area contributed by atoms with Crippen LogP contribution in [-0.2, 0) is 6.42 Å². The van der Waals surface area contributed by atoms with E-state index in [0.717, 1.165) is 12.0 Å². The topological polar surface area (TPSA) is 58.1 Å². The number of carbonyl (C=O) groups excluding carboxylic acids is 1. The number of urea groups is 1. The maximum Gasteiger partial charge on any atom is 0.323 e. The van der Waals surface area contributed by atoms with E-state index in [0.29, 0.717) is 11.0 Å². The maximum absolute atomic E-state index is 12.3. The highest BCUT2D eigenvalue weighted by molar-refractivity contribution is 7.15. The first-order valence-corrected chi connectivity index (χ1v) is 8.17. The lowest BCUT2D eigenvalue weighted by molar-refractivity contribution is 0.208. The molecule has 2 rings (SSSR count). The Morgan fingerprint density at radius 3 is 2.77 bits per heavy atom. The number of amides is 2. The van der Waals surface area contributed by atoms with Crippen LogP contribution in [0.2, 0.25) is 0 Å². The smallest absolute Gasteiger partial charge is 0.321 e. The summed E-state index contributed by atoms with van der Waals surface area (Å²) < 4.78 is 0. The fraction of sp³-hybridized carbons (Fsp3) is 0.438. The van der Waals surface area contributed by atoms with Crippen molar-refractivity contribution in [2.24, 2.45) is 5.92 Å². The summed E-state index contributed by atoms with van der Waals surface area (Å²) in [5.41, 5.74) is 1.000. The van der Waals surface area contributed by atoms with E-state index >= 15 is 0 Å². The molecule has 2 heterocycles. The van der Waals surface area contributed by atoms with Gasteiger partial charge < -0.3 is 4.90 Å². The van der Waals surface area contributed by atoms with E-state index in [4.69, 9.17) is 0 Å². The number of carbonyl (C=O) groups is 1. The summed E-state index contributed by atoms with van der Waals surface area (Å²) in [6.07, 6.45) is 6.32.